The van der Waals surface area contributed by atoms with Crippen LogP contribution in [0.2, 0.25) is 0 Å². The number of ether oxygens (including phenoxy) is 1. The Morgan fingerprint density at radius 3 is 3.00 bits per heavy atom. The Balaban J connectivity index is 2.87. The number of aromatic amines is 1. The average Bonchev–Trinajstić information content (AvgIpc) is 2.50. The first-order valence-electron chi connectivity index (χ1n) is 3.60. The highest BCUT2D eigenvalue weighted by molar-refractivity contribution is 14.1. The second kappa shape index (κ2) is 3.45. The van der Waals surface area contributed by atoms with Crippen molar-refractivity contribution in [1.82, 2.24) is 10.2 Å². The molecule has 1 N–H and O–H groups in total. The molecular formula is C8H6BrIN2O. The molecule has 1 aromatic heterocycles. The van der Waals surface area contributed by atoms with Crippen molar-refractivity contribution in [2.75, 3.05) is 7.11 Å². The minimum absolute atomic E-state index is 0.789. The second-order valence-electron chi connectivity index (χ2n) is 2.51. The molecule has 0 atom stereocenters. The van der Waals surface area contributed by atoms with Crippen molar-refractivity contribution in [1.29, 1.82) is 0 Å². The van der Waals surface area contributed by atoms with Crippen LogP contribution in [0.25, 0.3) is 10.9 Å². The number of nitrogens with zero attached hydrogens (tertiary/aromatic N) is 1. The number of H-pyrrole nitrogens is 1. The number of aromatic nitrogens is 2. The molecule has 5 heteroatoms. The normalized spacial score (nSPS) is 10.7. The van der Waals surface area contributed by atoms with Gasteiger partial charge in [-0.25, -0.2) is 0 Å². The lowest BCUT2D eigenvalue weighted by Crippen LogP contribution is -1.84. The van der Waals surface area contributed by atoms with Crippen LogP contribution < -0.4 is 4.74 Å². The lowest BCUT2D eigenvalue weighted by atomic mass is 10.2. The highest BCUT2D eigenvalue weighted by Crippen LogP contribution is 2.32. The van der Waals surface area contributed by atoms with E-state index in [1.807, 2.05) is 12.1 Å². The lowest BCUT2D eigenvalue weighted by molar-refractivity contribution is 0.418. The minimum atomic E-state index is 0.789. The van der Waals surface area contributed by atoms with Gasteiger partial charge in [0.15, 0.2) is 0 Å². The van der Waals surface area contributed by atoms with Gasteiger partial charge in [-0.2, -0.15) is 5.10 Å². The van der Waals surface area contributed by atoms with Gasteiger partial charge in [-0.1, -0.05) is 0 Å². The highest BCUT2D eigenvalue weighted by Gasteiger charge is 2.10. The fourth-order valence-electron chi connectivity index (χ4n) is 1.19. The van der Waals surface area contributed by atoms with E-state index in [4.69, 9.17) is 4.74 Å². The van der Waals surface area contributed by atoms with Crippen LogP contribution in [0.15, 0.2) is 16.6 Å². The molecule has 0 spiro atoms. The molecule has 0 unspecified atom stereocenters. The summed E-state index contributed by atoms with van der Waals surface area (Å²) in [6.45, 7) is 0. The maximum absolute atomic E-state index is 5.19. The first-order chi connectivity index (χ1) is 6.24. The summed E-state index contributed by atoms with van der Waals surface area (Å²) in [6, 6.07) is 3.85. The summed E-state index contributed by atoms with van der Waals surface area (Å²) in [6.07, 6.45) is 0. The smallest absolute Gasteiger partial charge is 0.147 e. The third-order valence-corrected chi connectivity index (χ3v) is 3.24. The zero-order valence-electron chi connectivity index (χ0n) is 6.77. The summed E-state index contributed by atoms with van der Waals surface area (Å²) in [5, 5.41) is 8.15. The summed E-state index contributed by atoms with van der Waals surface area (Å²) in [7, 11) is 1.64. The largest absolute Gasteiger partial charge is 0.494 e. The van der Waals surface area contributed by atoms with Gasteiger partial charge >= 0.3 is 0 Å². The quantitative estimate of drug-likeness (QED) is 0.801. The molecule has 13 heavy (non-hydrogen) atoms. The van der Waals surface area contributed by atoms with Gasteiger partial charge in [-0.3, -0.25) is 5.10 Å². The maximum Gasteiger partial charge on any atom is 0.147 e. The molecule has 0 aliphatic heterocycles. The molecule has 1 aromatic carbocycles. The zero-order valence-corrected chi connectivity index (χ0v) is 10.5. The minimum Gasteiger partial charge on any atom is -0.494 e. The molecule has 0 aliphatic carbocycles. The van der Waals surface area contributed by atoms with Crippen molar-refractivity contribution in [3.8, 4) is 5.75 Å². The van der Waals surface area contributed by atoms with Gasteiger partial charge in [-0.05, 0) is 50.7 Å². The van der Waals surface area contributed by atoms with E-state index in [1.165, 1.54) is 0 Å². The molecule has 0 amide bonds. The Morgan fingerprint density at radius 2 is 2.31 bits per heavy atom. The van der Waals surface area contributed by atoms with Crippen LogP contribution in [-0.2, 0) is 0 Å². The van der Waals surface area contributed by atoms with Gasteiger partial charge in [-0.15, -0.1) is 0 Å². The van der Waals surface area contributed by atoms with Gasteiger partial charge in [0, 0.05) is 4.47 Å². The number of methoxy groups -OCH3 is 1. The molecule has 2 rings (SSSR count). The predicted octanol–water partition coefficient (Wildman–Crippen LogP) is 2.94. The second-order valence-corrected chi connectivity index (χ2v) is 4.44. The molecule has 0 aliphatic rings. The van der Waals surface area contributed by atoms with Gasteiger partial charge in [0.1, 0.15) is 15.0 Å². The van der Waals surface area contributed by atoms with Gasteiger partial charge in [0.2, 0.25) is 0 Å². The van der Waals surface area contributed by atoms with Crippen LogP contribution in [0.1, 0.15) is 0 Å². The van der Waals surface area contributed by atoms with Gasteiger partial charge < -0.3 is 4.74 Å². The first kappa shape index (κ1) is 9.26. The van der Waals surface area contributed by atoms with Crippen molar-refractivity contribution in [3.05, 3.63) is 20.3 Å². The molecule has 0 saturated carbocycles. The Kier molecular flexibility index (Phi) is 2.46. The predicted molar refractivity (Wildman–Crippen MR) is 63.1 cm³/mol. The van der Waals surface area contributed by atoms with Crippen LogP contribution in [-0.4, -0.2) is 17.3 Å². The Hall–Kier alpha value is -0.300. The first-order valence-corrected chi connectivity index (χ1v) is 5.47. The number of benzene rings is 1. The van der Waals surface area contributed by atoms with E-state index in [0.29, 0.717) is 0 Å². The summed E-state index contributed by atoms with van der Waals surface area (Å²) in [5.41, 5.74) is 0.862. The fraction of sp³-hybridized carbons (Fsp3) is 0.125. The van der Waals surface area contributed by atoms with Crippen LogP contribution >= 0.6 is 38.5 Å². The standard InChI is InChI=1S/C8H6BrIN2O/c1-13-5-3-2-4(9)6-7(5)11-12-8(6)10/h2-3H,1H3,(H,11,12). The Morgan fingerprint density at radius 1 is 1.54 bits per heavy atom. The SMILES string of the molecule is COc1ccc(Br)c2c(I)[nH]nc12. The number of rotatable bonds is 1. The van der Waals surface area contributed by atoms with Crippen LogP contribution in [0, 0.1) is 3.70 Å². The van der Waals surface area contributed by atoms with Crippen molar-refractivity contribution >= 4 is 49.4 Å². The van der Waals surface area contributed by atoms with Crippen LogP contribution in [0.4, 0.5) is 0 Å². The third kappa shape index (κ3) is 1.43. The molecule has 0 saturated heterocycles. The molecule has 2 aromatic rings. The number of hydrogen-bond acceptors (Lipinski definition) is 2. The van der Waals surface area contributed by atoms with E-state index in [-0.39, 0.29) is 0 Å². The van der Waals surface area contributed by atoms with E-state index in [2.05, 4.69) is 48.7 Å². The number of nitrogens with one attached hydrogen (secondary N) is 1. The van der Waals surface area contributed by atoms with E-state index in [9.17, 15) is 0 Å². The zero-order chi connectivity index (χ0) is 9.42. The van der Waals surface area contributed by atoms with E-state index >= 15 is 0 Å². The molecule has 68 valence electrons. The molecule has 0 bridgehead atoms. The molecular weight excluding hydrogens is 347 g/mol. The Bertz CT molecular complexity index is 455. The van der Waals surface area contributed by atoms with Crippen LogP contribution in [0.3, 0.4) is 0 Å². The summed E-state index contributed by atoms with van der Waals surface area (Å²) >= 11 is 5.68. The number of halogens is 2. The molecule has 3 nitrogen and oxygen atoms in total. The number of hydrogen-bond donors (Lipinski definition) is 1. The van der Waals surface area contributed by atoms with E-state index in [0.717, 1.165) is 24.8 Å². The maximum atomic E-state index is 5.19. The average molecular weight is 353 g/mol. The summed E-state index contributed by atoms with van der Waals surface area (Å²) < 4.78 is 7.23. The number of fused-ring (bicyclic) bond motifs is 1. The van der Waals surface area contributed by atoms with E-state index in [1.54, 1.807) is 7.11 Å². The highest BCUT2D eigenvalue weighted by atomic mass is 127. The van der Waals surface area contributed by atoms with Crippen molar-refractivity contribution in [3.63, 3.8) is 0 Å². The monoisotopic (exact) mass is 352 g/mol. The molecule has 1 heterocycles. The van der Waals surface area contributed by atoms with Crippen LogP contribution in [0.5, 0.6) is 5.75 Å². The third-order valence-electron chi connectivity index (χ3n) is 1.80. The lowest BCUT2D eigenvalue weighted by Gasteiger charge is -2.00. The fourth-order valence-corrected chi connectivity index (χ4v) is 2.75. The summed E-state index contributed by atoms with van der Waals surface area (Å²) in [4.78, 5) is 0. The van der Waals surface area contributed by atoms with E-state index < -0.39 is 0 Å². The van der Waals surface area contributed by atoms with Gasteiger partial charge in [0.25, 0.3) is 0 Å². The van der Waals surface area contributed by atoms with Crippen molar-refractivity contribution in [2.45, 2.75) is 0 Å². The van der Waals surface area contributed by atoms with Crippen molar-refractivity contribution < 1.29 is 4.74 Å². The molecule has 0 radical (unpaired) electrons. The van der Waals surface area contributed by atoms with Gasteiger partial charge in [0.05, 0.1) is 12.5 Å². The molecule has 0 fully saturated rings. The summed E-state index contributed by atoms with van der Waals surface area (Å²) in [5.74, 6) is 0.789. The Labute approximate surface area is 97.1 Å². The van der Waals surface area contributed by atoms with Crippen molar-refractivity contribution in [2.24, 2.45) is 0 Å². The topological polar surface area (TPSA) is 37.9 Å².